The van der Waals surface area contributed by atoms with Gasteiger partial charge in [0.05, 0.1) is 23.1 Å². The predicted molar refractivity (Wildman–Crippen MR) is 92.4 cm³/mol. The van der Waals surface area contributed by atoms with E-state index in [0.29, 0.717) is 16.8 Å². The van der Waals surface area contributed by atoms with Gasteiger partial charge in [0.1, 0.15) is 10.7 Å². The molecule has 1 N–H and O–H groups in total. The van der Waals surface area contributed by atoms with Gasteiger partial charge >= 0.3 is 0 Å². The number of fused-ring (bicyclic) bond motifs is 2. The molecule has 0 aliphatic heterocycles. The summed E-state index contributed by atoms with van der Waals surface area (Å²) in [4.78, 5) is 16.7. The third-order valence-corrected chi connectivity index (χ3v) is 4.17. The summed E-state index contributed by atoms with van der Waals surface area (Å²) >= 11 is 6.29. The Bertz CT molecular complexity index is 1140. The number of aromatic nitrogens is 4. The van der Waals surface area contributed by atoms with Gasteiger partial charge in [-0.1, -0.05) is 23.7 Å². The number of halogens is 2. The van der Waals surface area contributed by atoms with Gasteiger partial charge in [0, 0.05) is 17.6 Å². The predicted octanol–water partition coefficient (Wildman–Crippen LogP) is 3.63. The van der Waals surface area contributed by atoms with Gasteiger partial charge in [-0.3, -0.25) is 9.20 Å². The molecule has 3 heterocycles. The number of carbonyl (C=O) groups is 1. The second-order valence-corrected chi connectivity index (χ2v) is 5.86. The lowest BCUT2D eigenvalue weighted by molar-refractivity contribution is 0.102. The zero-order valence-electron chi connectivity index (χ0n) is 13.0. The first-order valence-electron chi connectivity index (χ1n) is 7.40. The van der Waals surface area contributed by atoms with Gasteiger partial charge in [0.2, 0.25) is 0 Å². The molecule has 4 aromatic rings. The van der Waals surface area contributed by atoms with Crippen LogP contribution in [-0.4, -0.2) is 25.5 Å². The molecule has 8 heteroatoms. The molecule has 4 rings (SSSR count). The number of nitrogens with one attached hydrogen (secondary N) is 1. The molecule has 0 saturated carbocycles. The van der Waals surface area contributed by atoms with Crippen LogP contribution in [0.2, 0.25) is 5.15 Å². The Hall–Kier alpha value is -3.06. The maximum absolute atomic E-state index is 14.2. The summed E-state index contributed by atoms with van der Waals surface area (Å²) < 4.78 is 15.6. The Balaban J connectivity index is 1.78. The molecule has 0 atom stereocenters. The summed E-state index contributed by atoms with van der Waals surface area (Å²) in [5, 5.41) is 11.4. The van der Waals surface area contributed by atoms with Crippen LogP contribution in [0.3, 0.4) is 0 Å². The molecule has 124 valence electrons. The van der Waals surface area contributed by atoms with Crippen molar-refractivity contribution in [2.45, 2.75) is 6.92 Å². The topological polar surface area (TPSA) is 72.2 Å². The summed E-state index contributed by atoms with van der Waals surface area (Å²) in [6, 6.07) is 8.10. The highest BCUT2D eigenvalue weighted by molar-refractivity contribution is 6.33. The van der Waals surface area contributed by atoms with E-state index in [0.717, 1.165) is 11.5 Å². The molecule has 1 aromatic carbocycles. The molecule has 6 nitrogen and oxygen atoms in total. The van der Waals surface area contributed by atoms with Crippen molar-refractivity contribution in [3.05, 3.63) is 65.0 Å². The van der Waals surface area contributed by atoms with Crippen molar-refractivity contribution in [1.82, 2.24) is 19.6 Å². The lowest BCUT2D eigenvalue weighted by Gasteiger charge is -2.10. The normalized spacial score (nSPS) is 11.2. The number of pyridine rings is 1. The zero-order chi connectivity index (χ0) is 17.6. The van der Waals surface area contributed by atoms with Crippen molar-refractivity contribution < 1.29 is 9.18 Å². The average Bonchev–Trinajstić information content (AvgIpc) is 3.01. The number of rotatable bonds is 2. The molecule has 3 aromatic heterocycles. The lowest BCUT2D eigenvalue weighted by Crippen LogP contribution is -2.14. The van der Waals surface area contributed by atoms with Crippen LogP contribution < -0.4 is 5.32 Å². The summed E-state index contributed by atoms with van der Waals surface area (Å²) in [6.07, 6.45) is 3.14. The number of anilines is 1. The Morgan fingerprint density at radius 1 is 1.32 bits per heavy atom. The van der Waals surface area contributed by atoms with Crippen molar-refractivity contribution >= 4 is 39.7 Å². The van der Waals surface area contributed by atoms with Crippen molar-refractivity contribution in [2.24, 2.45) is 0 Å². The molecule has 1 amide bonds. The average molecular weight is 356 g/mol. The Morgan fingerprint density at radius 2 is 2.16 bits per heavy atom. The van der Waals surface area contributed by atoms with Crippen LogP contribution in [0.15, 0.2) is 42.7 Å². The van der Waals surface area contributed by atoms with Gasteiger partial charge < -0.3 is 5.32 Å². The smallest absolute Gasteiger partial charge is 0.258 e. The van der Waals surface area contributed by atoms with E-state index < -0.39 is 11.7 Å². The molecule has 0 radical (unpaired) electrons. The van der Waals surface area contributed by atoms with E-state index in [2.05, 4.69) is 20.5 Å². The first kappa shape index (κ1) is 15.5. The molecule has 0 spiro atoms. The standard InChI is InChI=1S/C17H11ClFN5O/c1-9-8-24-15(18)13(7-12(19)16(24)21-9)22-17(25)11-4-2-3-10-5-6-20-23-14(10)11/h2-8H,1H3,(H,22,25). The Labute approximate surface area is 146 Å². The van der Waals surface area contributed by atoms with Crippen molar-refractivity contribution in [3.63, 3.8) is 0 Å². The fourth-order valence-corrected chi connectivity index (χ4v) is 2.90. The van der Waals surface area contributed by atoms with Gasteiger partial charge in [-0.25, -0.2) is 9.37 Å². The second kappa shape index (κ2) is 5.78. The van der Waals surface area contributed by atoms with E-state index in [1.54, 1.807) is 37.5 Å². The van der Waals surface area contributed by atoms with Gasteiger partial charge in [-0.15, -0.1) is 5.10 Å². The highest BCUT2D eigenvalue weighted by atomic mass is 35.5. The van der Waals surface area contributed by atoms with Crippen LogP contribution in [0, 0.1) is 12.7 Å². The largest absolute Gasteiger partial charge is 0.319 e. The number of benzene rings is 1. The van der Waals surface area contributed by atoms with Crippen molar-refractivity contribution in [2.75, 3.05) is 5.32 Å². The number of aryl methyl sites for hydroxylation is 1. The number of carbonyl (C=O) groups excluding carboxylic acids is 1. The highest BCUT2D eigenvalue weighted by Crippen LogP contribution is 2.27. The Morgan fingerprint density at radius 3 is 3.00 bits per heavy atom. The molecule has 25 heavy (non-hydrogen) atoms. The molecular formula is C17H11ClFN5O. The monoisotopic (exact) mass is 355 g/mol. The number of imidazole rings is 1. The summed E-state index contributed by atoms with van der Waals surface area (Å²) in [5.74, 6) is -1.03. The number of hydrogen-bond donors (Lipinski definition) is 1. The van der Waals surface area contributed by atoms with Gasteiger partial charge in [-0.05, 0) is 19.1 Å². The summed E-state index contributed by atoms with van der Waals surface area (Å²) in [6.45, 7) is 1.73. The summed E-state index contributed by atoms with van der Waals surface area (Å²) in [7, 11) is 0. The number of hydrogen-bond acceptors (Lipinski definition) is 4. The summed E-state index contributed by atoms with van der Waals surface area (Å²) in [5.41, 5.74) is 1.66. The maximum Gasteiger partial charge on any atom is 0.258 e. The quantitative estimate of drug-likeness (QED) is 0.557. The van der Waals surface area contributed by atoms with E-state index in [1.807, 2.05) is 6.07 Å². The zero-order valence-corrected chi connectivity index (χ0v) is 13.8. The first-order chi connectivity index (χ1) is 12.0. The fourth-order valence-electron chi connectivity index (χ4n) is 2.67. The number of nitrogens with zero attached hydrogens (tertiary/aromatic N) is 4. The SMILES string of the molecule is Cc1cn2c(Cl)c(NC(=O)c3cccc4ccnnc34)cc(F)c2n1. The van der Waals surface area contributed by atoms with E-state index >= 15 is 0 Å². The van der Waals surface area contributed by atoms with Crippen molar-refractivity contribution in [3.8, 4) is 0 Å². The fraction of sp³-hybridized carbons (Fsp3) is 0.0588. The second-order valence-electron chi connectivity index (χ2n) is 5.50. The van der Waals surface area contributed by atoms with Gasteiger partial charge in [-0.2, -0.15) is 5.10 Å². The molecular weight excluding hydrogens is 345 g/mol. The van der Waals surface area contributed by atoms with Gasteiger partial charge in [0.15, 0.2) is 11.5 Å². The van der Waals surface area contributed by atoms with Crippen molar-refractivity contribution in [1.29, 1.82) is 0 Å². The van der Waals surface area contributed by atoms with E-state index in [-0.39, 0.29) is 16.5 Å². The Kier molecular flexibility index (Phi) is 3.58. The van der Waals surface area contributed by atoms with Crippen LogP contribution in [-0.2, 0) is 0 Å². The van der Waals surface area contributed by atoms with Crippen LogP contribution in [0.4, 0.5) is 10.1 Å². The van der Waals surface area contributed by atoms with Crippen LogP contribution in [0.25, 0.3) is 16.6 Å². The minimum Gasteiger partial charge on any atom is -0.319 e. The molecule has 0 bridgehead atoms. The highest BCUT2D eigenvalue weighted by Gasteiger charge is 2.17. The molecule has 0 fully saturated rings. The minimum atomic E-state index is -0.578. The molecule has 0 saturated heterocycles. The van der Waals surface area contributed by atoms with Gasteiger partial charge in [0.25, 0.3) is 5.91 Å². The maximum atomic E-state index is 14.2. The van der Waals surface area contributed by atoms with E-state index in [1.165, 1.54) is 4.40 Å². The van der Waals surface area contributed by atoms with Crippen LogP contribution in [0.1, 0.15) is 16.1 Å². The molecule has 0 aliphatic carbocycles. The third kappa shape index (κ3) is 2.58. The minimum absolute atomic E-state index is 0.108. The molecule has 0 unspecified atom stereocenters. The van der Waals surface area contributed by atoms with Crippen LogP contribution in [0.5, 0.6) is 0 Å². The lowest BCUT2D eigenvalue weighted by atomic mass is 10.1. The third-order valence-electron chi connectivity index (χ3n) is 3.78. The molecule has 0 aliphatic rings. The number of amides is 1. The first-order valence-corrected chi connectivity index (χ1v) is 7.78. The van der Waals surface area contributed by atoms with Crippen LogP contribution >= 0.6 is 11.6 Å². The van der Waals surface area contributed by atoms with E-state index in [4.69, 9.17) is 11.6 Å². The van der Waals surface area contributed by atoms with E-state index in [9.17, 15) is 9.18 Å².